The second-order valence-electron chi connectivity index (χ2n) is 2.71. The van der Waals surface area contributed by atoms with Crippen LogP contribution in [0.3, 0.4) is 0 Å². The van der Waals surface area contributed by atoms with E-state index >= 15 is 0 Å². The first kappa shape index (κ1) is 7.72. The molecule has 0 saturated carbocycles. The van der Waals surface area contributed by atoms with Gasteiger partial charge in [0.1, 0.15) is 17.8 Å². The Morgan fingerprint density at radius 3 is 2.85 bits per heavy atom. The van der Waals surface area contributed by atoms with E-state index in [1.54, 1.807) is 17.0 Å². The van der Waals surface area contributed by atoms with Gasteiger partial charge in [-0.1, -0.05) is 6.07 Å². The quantitative estimate of drug-likeness (QED) is 0.683. The summed E-state index contributed by atoms with van der Waals surface area (Å²) in [6.45, 7) is 0. The molecule has 2 heterocycles. The van der Waals surface area contributed by atoms with Crippen molar-refractivity contribution in [2.45, 2.75) is 0 Å². The average Bonchev–Trinajstić information content (AvgIpc) is 2.51. The molecule has 2 aromatic rings. The van der Waals surface area contributed by atoms with Crippen LogP contribution in [-0.2, 0) is 7.05 Å². The molecule has 0 aliphatic carbocycles. The molecule has 0 spiro atoms. The Labute approximate surface area is 75.2 Å². The average molecular weight is 175 g/mol. The van der Waals surface area contributed by atoms with Crippen LogP contribution in [0.2, 0.25) is 0 Å². The van der Waals surface area contributed by atoms with Crippen LogP contribution in [0.1, 0.15) is 0 Å². The van der Waals surface area contributed by atoms with Crippen molar-refractivity contribution in [2.75, 3.05) is 5.73 Å². The van der Waals surface area contributed by atoms with Gasteiger partial charge in [0, 0.05) is 7.05 Å². The molecule has 0 fully saturated rings. The summed E-state index contributed by atoms with van der Waals surface area (Å²) in [4.78, 5) is 4.13. The molecule has 0 saturated heterocycles. The number of aromatic nitrogens is 4. The molecule has 0 amide bonds. The first-order valence-electron chi connectivity index (χ1n) is 3.84. The molecule has 5 nitrogen and oxygen atoms in total. The lowest BCUT2D eigenvalue weighted by Crippen LogP contribution is -1.96. The Kier molecular flexibility index (Phi) is 1.70. The summed E-state index contributed by atoms with van der Waals surface area (Å²) in [7, 11) is 1.86. The van der Waals surface area contributed by atoms with E-state index in [-0.39, 0.29) is 0 Å². The highest BCUT2D eigenvalue weighted by molar-refractivity contribution is 5.51. The Bertz CT molecular complexity index is 420. The van der Waals surface area contributed by atoms with Crippen LogP contribution < -0.4 is 5.73 Å². The number of nitrogens with zero attached hydrogens (tertiary/aromatic N) is 4. The van der Waals surface area contributed by atoms with Gasteiger partial charge in [0.05, 0.1) is 0 Å². The summed E-state index contributed by atoms with van der Waals surface area (Å²) in [6.07, 6.45) is 1.63. The summed E-state index contributed by atoms with van der Waals surface area (Å²) in [6, 6.07) is 5.42. The summed E-state index contributed by atoms with van der Waals surface area (Å²) >= 11 is 0. The van der Waals surface area contributed by atoms with Gasteiger partial charge in [-0.2, -0.15) is 0 Å². The maximum atomic E-state index is 5.55. The lowest BCUT2D eigenvalue weighted by atomic mass is 10.3. The molecular formula is C8H9N5. The monoisotopic (exact) mass is 175 g/mol. The van der Waals surface area contributed by atoms with Gasteiger partial charge >= 0.3 is 0 Å². The number of nitrogens with two attached hydrogens (primary N) is 1. The molecule has 0 bridgehead atoms. The molecule has 0 atom stereocenters. The first-order chi connectivity index (χ1) is 6.27. The van der Waals surface area contributed by atoms with Gasteiger partial charge in [-0.25, -0.2) is 4.98 Å². The summed E-state index contributed by atoms with van der Waals surface area (Å²) in [5, 5.41) is 7.68. The van der Waals surface area contributed by atoms with E-state index in [0.29, 0.717) is 11.6 Å². The van der Waals surface area contributed by atoms with Crippen molar-refractivity contribution in [3.63, 3.8) is 0 Å². The lowest BCUT2D eigenvalue weighted by Gasteiger charge is -1.99. The van der Waals surface area contributed by atoms with Crippen LogP contribution >= 0.6 is 0 Å². The highest BCUT2D eigenvalue weighted by Crippen LogP contribution is 2.13. The van der Waals surface area contributed by atoms with Crippen LogP contribution in [0, 0.1) is 0 Å². The van der Waals surface area contributed by atoms with Crippen molar-refractivity contribution in [3.05, 3.63) is 24.5 Å². The fourth-order valence-electron chi connectivity index (χ4n) is 1.09. The maximum absolute atomic E-state index is 5.55. The molecule has 0 unspecified atom stereocenters. The second kappa shape index (κ2) is 2.85. The highest BCUT2D eigenvalue weighted by atomic mass is 15.3. The molecule has 2 rings (SSSR count). The molecule has 13 heavy (non-hydrogen) atoms. The van der Waals surface area contributed by atoms with Crippen molar-refractivity contribution in [2.24, 2.45) is 7.05 Å². The van der Waals surface area contributed by atoms with E-state index in [1.165, 1.54) is 0 Å². The molecule has 2 N–H and O–H groups in total. The van der Waals surface area contributed by atoms with Gasteiger partial charge < -0.3 is 10.3 Å². The van der Waals surface area contributed by atoms with Crippen molar-refractivity contribution < 1.29 is 0 Å². The van der Waals surface area contributed by atoms with Crippen LogP contribution in [0.15, 0.2) is 24.5 Å². The number of hydrogen-bond acceptors (Lipinski definition) is 4. The lowest BCUT2D eigenvalue weighted by molar-refractivity contribution is 0.914. The minimum Gasteiger partial charge on any atom is -0.384 e. The Balaban J connectivity index is 2.53. The van der Waals surface area contributed by atoms with Gasteiger partial charge in [-0.15, -0.1) is 10.2 Å². The molecule has 2 aromatic heterocycles. The van der Waals surface area contributed by atoms with Crippen LogP contribution in [0.4, 0.5) is 5.82 Å². The van der Waals surface area contributed by atoms with Crippen molar-refractivity contribution in [1.82, 2.24) is 19.7 Å². The number of aryl methyl sites for hydroxylation is 1. The van der Waals surface area contributed by atoms with Crippen LogP contribution in [0.25, 0.3) is 11.5 Å². The van der Waals surface area contributed by atoms with E-state index < -0.39 is 0 Å². The van der Waals surface area contributed by atoms with Gasteiger partial charge in [-0.3, -0.25) is 0 Å². The number of pyridine rings is 1. The van der Waals surface area contributed by atoms with Crippen molar-refractivity contribution in [3.8, 4) is 11.5 Å². The normalized spacial score (nSPS) is 10.2. The topological polar surface area (TPSA) is 69.6 Å². The molecule has 0 aliphatic rings. The SMILES string of the molecule is Cn1cnnc1-c1cccc(N)n1. The second-order valence-corrected chi connectivity index (χ2v) is 2.71. The molecular weight excluding hydrogens is 166 g/mol. The highest BCUT2D eigenvalue weighted by Gasteiger charge is 2.04. The van der Waals surface area contributed by atoms with Gasteiger partial charge in [0.15, 0.2) is 5.82 Å². The number of nitrogen functional groups attached to an aromatic ring is 1. The summed E-state index contributed by atoms with van der Waals surface area (Å²) in [5.74, 6) is 1.20. The fourth-order valence-corrected chi connectivity index (χ4v) is 1.09. The largest absolute Gasteiger partial charge is 0.384 e. The fraction of sp³-hybridized carbons (Fsp3) is 0.125. The summed E-state index contributed by atoms with van der Waals surface area (Å²) < 4.78 is 1.79. The third-order valence-corrected chi connectivity index (χ3v) is 1.71. The Morgan fingerprint density at radius 2 is 2.23 bits per heavy atom. The smallest absolute Gasteiger partial charge is 0.182 e. The maximum Gasteiger partial charge on any atom is 0.182 e. The van der Waals surface area contributed by atoms with Gasteiger partial charge in [-0.05, 0) is 12.1 Å². The van der Waals surface area contributed by atoms with Crippen molar-refractivity contribution >= 4 is 5.82 Å². The Morgan fingerprint density at radius 1 is 1.38 bits per heavy atom. The van der Waals surface area contributed by atoms with E-state index in [2.05, 4.69) is 15.2 Å². The minimum atomic E-state index is 0.487. The zero-order chi connectivity index (χ0) is 9.26. The third-order valence-electron chi connectivity index (χ3n) is 1.71. The molecule has 0 radical (unpaired) electrons. The van der Waals surface area contributed by atoms with E-state index in [9.17, 15) is 0 Å². The third kappa shape index (κ3) is 1.35. The predicted molar refractivity (Wildman–Crippen MR) is 48.6 cm³/mol. The molecule has 5 heteroatoms. The van der Waals surface area contributed by atoms with Crippen molar-refractivity contribution in [1.29, 1.82) is 0 Å². The Hall–Kier alpha value is -1.91. The number of anilines is 1. The van der Waals surface area contributed by atoms with Crippen LogP contribution in [0.5, 0.6) is 0 Å². The number of rotatable bonds is 1. The van der Waals surface area contributed by atoms with Gasteiger partial charge in [0.25, 0.3) is 0 Å². The zero-order valence-corrected chi connectivity index (χ0v) is 7.18. The van der Waals surface area contributed by atoms with E-state index in [0.717, 1.165) is 5.69 Å². The van der Waals surface area contributed by atoms with Gasteiger partial charge in [0.2, 0.25) is 0 Å². The number of hydrogen-bond donors (Lipinski definition) is 1. The zero-order valence-electron chi connectivity index (χ0n) is 7.18. The molecule has 0 aliphatic heterocycles. The van der Waals surface area contributed by atoms with Crippen LogP contribution in [-0.4, -0.2) is 19.7 Å². The first-order valence-corrected chi connectivity index (χ1v) is 3.84. The van der Waals surface area contributed by atoms with E-state index in [1.807, 2.05) is 19.2 Å². The predicted octanol–water partition coefficient (Wildman–Crippen LogP) is 0.459. The minimum absolute atomic E-state index is 0.487. The molecule has 0 aromatic carbocycles. The molecule has 66 valence electrons. The van der Waals surface area contributed by atoms with E-state index in [4.69, 9.17) is 5.73 Å². The summed E-state index contributed by atoms with van der Waals surface area (Å²) in [5.41, 5.74) is 6.28. The standard InChI is InChI=1S/C8H9N5/c1-13-5-10-12-8(13)6-3-2-4-7(9)11-6/h2-5H,1H3,(H2,9,11).